The van der Waals surface area contributed by atoms with Crippen LogP contribution in [0.2, 0.25) is 0 Å². The highest BCUT2D eigenvalue weighted by atomic mass is 16.2. The molecule has 1 aromatic rings. The highest BCUT2D eigenvalue weighted by Crippen LogP contribution is 1.65. The summed E-state index contributed by atoms with van der Waals surface area (Å²) in [5.41, 5.74) is -0.926. The maximum atomic E-state index is 9.95. The van der Waals surface area contributed by atoms with Gasteiger partial charge in [-0.15, -0.1) is 0 Å². The molecule has 0 bridgehead atoms. The second-order valence-electron chi connectivity index (χ2n) is 1.16. The van der Waals surface area contributed by atoms with E-state index < -0.39 is 11.1 Å². The Morgan fingerprint density at radius 3 is 1.86 bits per heavy atom. The highest BCUT2D eigenvalue weighted by molar-refractivity contribution is 5.20. The number of aromatic nitrogens is 1. The lowest BCUT2D eigenvalue weighted by atomic mass is 11.0. The molecule has 0 radical (unpaired) electrons. The molecule has 0 aromatic carbocycles. The summed E-state index contributed by atoms with van der Waals surface area (Å²) in [5.74, 6) is 0. The normalized spacial score (nSPS) is 9.71. The van der Waals surface area contributed by atoms with Gasteiger partial charge < -0.3 is 0 Å². The van der Waals surface area contributed by atoms with E-state index >= 15 is 0 Å². The lowest BCUT2D eigenvalue weighted by Gasteiger charge is -1.59. The average Bonchev–Trinajstić information content (AvgIpc) is 2.17. The van der Waals surface area contributed by atoms with Crippen LogP contribution in [0.4, 0.5) is 0 Å². The molecule has 0 aliphatic rings. The van der Waals surface area contributed by atoms with E-state index in [1.165, 1.54) is 6.20 Å². The Balaban J connectivity index is 3.27. The summed E-state index contributed by atoms with van der Waals surface area (Å²) in [7, 11) is 0. The molecule has 1 rings (SSSR count). The molecule has 0 atom stereocenters. The third-order valence-electron chi connectivity index (χ3n) is 0.753. The Morgan fingerprint density at radius 1 is 1.43 bits per heavy atom. The fourth-order valence-electron chi connectivity index (χ4n) is 0.312. The van der Waals surface area contributed by atoms with Crippen molar-refractivity contribution in [2.24, 2.45) is 0 Å². The minimum Gasteiger partial charge on any atom is -0.262 e. The molecule has 0 amide bonds. The van der Waals surface area contributed by atoms with Crippen LogP contribution in [0.1, 0.15) is 0 Å². The standard InChI is InChI=1S/C4H3NO2/c1-2-5-3(6)4(5)7/h2H,1H2. The van der Waals surface area contributed by atoms with Gasteiger partial charge in [-0.25, -0.2) is 4.57 Å². The molecule has 0 saturated carbocycles. The van der Waals surface area contributed by atoms with E-state index in [0.717, 1.165) is 4.57 Å². The molecular formula is C4H3NO2. The molecule has 0 fully saturated rings. The summed E-state index contributed by atoms with van der Waals surface area (Å²) in [6, 6.07) is 0. The topological polar surface area (TPSA) is 39.1 Å². The predicted molar refractivity (Wildman–Crippen MR) is 25.7 cm³/mol. The summed E-state index contributed by atoms with van der Waals surface area (Å²) < 4.78 is 0.944. The van der Waals surface area contributed by atoms with Gasteiger partial charge in [0.1, 0.15) is 0 Å². The average molecular weight is 97.1 g/mol. The Morgan fingerprint density at radius 2 is 1.86 bits per heavy atom. The van der Waals surface area contributed by atoms with Crippen LogP contribution in [0.15, 0.2) is 16.2 Å². The van der Waals surface area contributed by atoms with E-state index in [4.69, 9.17) is 0 Å². The summed E-state index contributed by atoms with van der Waals surface area (Å²) in [6.45, 7) is 3.21. The van der Waals surface area contributed by atoms with Crippen molar-refractivity contribution in [3.05, 3.63) is 27.3 Å². The minimum absolute atomic E-state index is 0.463. The van der Waals surface area contributed by atoms with Gasteiger partial charge in [-0.3, -0.25) is 9.59 Å². The van der Waals surface area contributed by atoms with Crippen LogP contribution in [-0.4, -0.2) is 4.57 Å². The van der Waals surface area contributed by atoms with Crippen molar-refractivity contribution in [2.45, 2.75) is 0 Å². The van der Waals surface area contributed by atoms with Crippen LogP contribution < -0.4 is 11.1 Å². The second-order valence-corrected chi connectivity index (χ2v) is 1.16. The minimum atomic E-state index is -0.463. The fourth-order valence-corrected chi connectivity index (χ4v) is 0.312. The number of rotatable bonds is 1. The van der Waals surface area contributed by atoms with Crippen molar-refractivity contribution in [3.8, 4) is 0 Å². The smallest absolute Gasteiger partial charge is 0.262 e. The molecule has 7 heavy (non-hydrogen) atoms. The van der Waals surface area contributed by atoms with Gasteiger partial charge in [-0.2, -0.15) is 0 Å². The molecule has 0 spiro atoms. The van der Waals surface area contributed by atoms with Crippen LogP contribution in [0.25, 0.3) is 6.20 Å². The summed E-state index contributed by atoms with van der Waals surface area (Å²) >= 11 is 0. The van der Waals surface area contributed by atoms with Crippen LogP contribution in [0.5, 0.6) is 0 Å². The summed E-state index contributed by atoms with van der Waals surface area (Å²) in [6.07, 6.45) is 1.20. The first-order valence-electron chi connectivity index (χ1n) is 1.77. The highest BCUT2D eigenvalue weighted by Gasteiger charge is 2.10. The zero-order chi connectivity index (χ0) is 5.44. The molecule has 0 aliphatic carbocycles. The molecule has 1 heterocycles. The van der Waals surface area contributed by atoms with E-state index in [1.807, 2.05) is 0 Å². The molecule has 0 saturated heterocycles. The van der Waals surface area contributed by atoms with E-state index in [2.05, 4.69) is 6.58 Å². The molecule has 36 valence electrons. The van der Waals surface area contributed by atoms with Crippen LogP contribution in [0.3, 0.4) is 0 Å². The Bertz CT molecular complexity index is 226. The maximum Gasteiger partial charge on any atom is 0.324 e. The molecule has 3 heteroatoms. The van der Waals surface area contributed by atoms with Crippen molar-refractivity contribution in [2.75, 3.05) is 0 Å². The van der Waals surface area contributed by atoms with Crippen LogP contribution >= 0.6 is 0 Å². The zero-order valence-corrected chi connectivity index (χ0v) is 3.55. The monoisotopic (exact) mass is 97.0 g/mol. The zero-order valence-electron chi connectivity index (χ0n) is 3.55. The van der Waals surface area contributed by atoms with Crippen LogP contribution in [-0.2, 0) is 0 Å². The molecule has 0 aliphatic heterocycles. The van der Waals surface area contributed by atoms with Crippen molar-refractivity contribution in [1.82, 2.24) is 4.57 Å². The van der Waals surface area contributed by atoms with Crippen LogP contribution in [0, 0.1) is 0 Å². The maximum absolute atomic E-state index is 9.95. The first kappa shape index (κ1) is 4.05. The molecule has 0 N–H and O–H groups in total. The van der Waals surface area contributed by atoms with Crippen molar-refractivity contribution in [3.63, 3.8) is 0 Å². The first-order valence-corrected chi connectivity index (χ1v) is 1.77. The molecule has 0 unspecified atom stereocenters. The first-order chi connectivity index (χ1) is 3.27. The third kappa shape index (κ3) is 0.342. The largest absolute Gasteiger partial charge is 0.324 e. The van der Waals surface area contributed by atoms with E-state index in [-0.39, 0.29) is 0 Å². The number of hydrogen-bond acceptors (Lipinski definition) is 2. The van der Waals surface area contributed by atoms with Gasteiger partial charge in [-0.05, 0) is 0 Å². The Kier molecular flexibility index (Phi) is 0.539. The molecule has 1 aromatic heterocycles. The van der Waals surface area contributed by atoms with Gasteiger partial charge in [-0.1, -0.05) is 6.58 Å². The quantitative estimate of drug-likeness (QED) is 0.430. The predicted octanol–water partition coefficient (Wildman–Crippen LogP) is -0.815. The van der Waals surface area contributed by atoms with E-state index in [1.54, 1.807) is 0 Å². The van der Waals surface area contributed by atoms with E-state index in [0.29, 0.717) is 0 Å². The fraction of sp³-hybridized carbons (Fsp3) is 0. The van der Waals surface area contributed by atoms with Crippen molar-refractivity contribution < 1.29 is 0 Å². The number of nitrogens with zero attached hydrogens (tertiary/aromatic N) is 1. The van der Waals surface area contributed by atoms with Gasteiger partial charge >= 0.3 is 11.1 Å². The summed E-state index contributed by atoms with van der Waals surface area (Å²) in [4.78, 5) is 19.9. The van der Waals surface area contributed by atoms with Gasteiger partial charge in [0.25, 0.3) is 0 Å². The van der Waals surface area contributed by atoms with Gasteiger partial charge in [0.15, 0.2) is 0 Å². The Hall–Kier alpha value is -1.12. The lowest BCUT2D eigenvalue weighted by molar-refractivity contribution is 1.29. The number of hydrogen-bond donors (Lipinski definition) is 0. The second kappa shape index (κ2) is 0.932. The van der Waals surface area contributed by atoms with Gasteiger partial charge in [0.05, 0.1) is 0 Å². The summed E-state index contributed by atoms with van der Waals surface area (Å²) in [5, 5.41) is 0. The molecule has 3 nitrogen and oxygen atoms in total. The van der Waals surface area contributed by atoms with Crippen molar-refractivity contribution in [1.29, 1.82) is 0 Å². The lowest BCUT2D eigenvalue weighted by Crippen LogP contribution is -1.88. The van der Waals surface area contributed by atoms with Gasteiger partial charge in [0.2, 0.25) is 0 Å². The van der Waals surface area contributed by atoms with Crippen molar-refractivity contribution >= 4 is 6.20 Å². The third-order valence-corrected chi connectivity index (χ3v) is 0.753. The van der Waals surface area contributed by atoms with Gasteiger partial charge in [0, 0.05) is 6.20 Å². The SMILES string of the molecule is C=Cn1c(=O)c1=O. The Labute approximate surface area is 39.2 Å². The molecular weight excluding hydrogens is 94.0 g/mol. The van der Waals surface area contributed by atoms with E-state index in [9.17, 15) is 9.59 Å².